The summed E-state index contributed by atoms with van der Waals surface area (Å²) in [6.45, 7) is 10.1. The SMILES string of the molecule is CC(C)(C)OC(=O)CN(C(=O)OC(C)(C)C)[C@H](Cc1ccccc1)C(=O)N1CCC[C@H]1C(=O)N[C@@H](CCCCN)C(=O)c1scnc1C(=O)OCc1ccccc1. The van der Waals surface area contributed by atoms with E-state index in [0.717, 1.165) is 21.8 Å². The van der Waals surface area contributed by atoms with Crippen LogP contribution < -0.4 is 11.1 Å². The van der Waals surface area contributed by atoms with E-state index in [2.05, 4.69) is 10.3 Å². The van der Waals surface area contributed by atoms with Crippen LogP contribution in [0.2, 0.25) is 0 Å². The summed E-state index contributed by atoms with van der Waals surface area (Å²) >= 11 is 0.973. The first-order chi connectivity index (χ1) is 27.0. The molecular formula is C42H55N5O9S. The second kappa shape index (κ2) is 20.3. The molecule has 0 spiro atoms. The quantitative estimate of drug-likeness (QED) is 0.0762. The lowest BCUT2D eigenvalue weighted by Gasteiger charge is -2.36. The van der Waals surface area contributed by atoms with Crippen LogP contribution in [-0.2, 0) is 41.6 Å². The average Bonchev–Trinajstić information content (AvgIpc) is 3.85. The van der Waals surface area contributed by atoms with Crippen molar-refractivity contribution in [1.82, 2.24) is 20.1 Å². The molecule has 3 atom stereocenters. The van der Waals surface area contributed by atoms with Gasteiger partial charge in [-0.05, 0) is 91.3 Å². The van der Waals surface area contributed by atoms with Crippen molar-refractivity contribution >= 4 is 47.0 Å². The van der Waals surface area contributed by atoms with Crippen molar-refractivity contribution in [2.75, 3.05) is 19.6 Å². The summed E-state index contributed by atoms with van der Waals surface area (Å²) in [7, 11) is 0. The van der Waals surface area contributed by atoms with Gasteiger partial charge in [0.2, 0.25) is 11.8 Å². The lowest BCUT2D eigenvalue weighted by molar-refractivity contribution is -0.157. The molecular weight excluding hydrogens is 751 g/mol. The van der Waals surface area contributed by atoms with Gasteiger partial charge in [0.1, 0.15) is 41.3 Å². The number of hydrogen-bond donors (Lipinski definition) is 2. The molecule has 14 nitrogen and oxygen atoms in total. The highest BCUT2D eigenvalue weighted by molar-refractivity contribution is 7.12. The molecule has 15 heteroatoms. The number of amides is 3. The number of ketones is 1. The van der Waals surface area contributed by atoms with Gasteiger partial charge in [-0.15, -0.1) is 11.3 Å². The maximum absolute atomic E-state index is 14.7. The molecule has 0 radical (unpaired) electrons. The Labute approximate surface area is 338 Å². The van der Waals surface area contributed by atoms with Crippen molar-refractivity contribution in [2.45, 2.75) is 116 Å². The van der Waals surface area contributed by atoms with E-state index in [1.54, 1.807) is 77.9 Å². The van der Waals surface area contributed by atoms with E-state index in [0.29, 0.717) is 31.4 Å². The van der Waals surface area contributed by atoms with E-state index in [-0.39, 0.29) is 43.0 Å². The zero-order chi connectivity index (χ0) is 41.8. The van der Waals surface area contributed by atoms with Crippen molar-refractivity contribution in [3.05, 3.63) is 87.9 Å². The van der Waals surface area contributed by atoms with Gasteiger partial charge in [0, 0.05) is 13.0 Å². The van der Waals surface area contributed by atoms with Crippen LogP contribution in [0.4, 0.5) is 4.79 Å². The molecule has 2 heterocycles. The van der Waals surface area contributed by atoms with Crippen LogP contribution in [0.5, 0.6) is 0 Å². The van der Waals surface area contributed by atoms with Crippen molar-refractivity contribution in [2.24, 2.45) is 5.73 Å². The molecule has 57 heavy (non-hydrogen) atoms. The summed E-state index contributed by atoms with van der Waals surface area (Å²) in [5.74, 6) is -3.16. The molecule has 308 valence electrons. The fourth-order valence-corrected chi connectivity index (χ4v) is 7.11. The Kier molecular flexibility index (Phi) is 15.9. The van der Waals surface area contributed by atoms with E-state index >= 15 is 0 Å². The number of rotatable bonds is 17. The van der Waals surface area contributed by atoms with E-state index in [9.17, 15) is 28.8 Å². The van der Waals surface area contributed by atoms with E-state index in [1.165, 1.54) is 10.4 Å². The first-order valence-corrected chi connectivity index (χ1v) is 20.1. The molecule has 0 aliphatic carbocycles. The van der Waals surface area contributed by atoms with Gasteiger partial charge in [-0.2, -0.15) is 0 Å². The molecule has 4 rings (SSSR count). The second-order valence-corrected chi connectivity index (χ2v) is 16.7. The summed E-state index contributed by atoms with van der Waals surface area (Å²) in [4.78, 5) is 89.9. The maximum atomic E-state index is 14.7. The number of Topliss-reactive ketones (excluding diaryl/α,β-unsaturated/α-hetero) is 1. The number of nitrogens with zero attached hydrogens (tertiary/aromatic N) is 3. The fourth-order valence-electron chi connectivity index (χ4n) is 6.34. The number of hydrogen-bond acceptors (Lipinski definition) is 12. The van der Waals surface area contributed by atoms with Crippen LogP contribution >= 0.6 is 11.3 Å². The predicted octanol–water partition coefficient (Wildman–Crippen LogP) is 5.48. The third kappa shape index (κ3) is 13.5. The summed E-state index contributed by atoms with van der Waals surface area (Å²) < 4.78 is 16.7. The average molecular weight is 806 g/mol. The van der Waals surface area contributed by atoms with Crippen molar-refractivity contribution < 1.29 is 43.0 Å². The maximum Gasteiger partial charge on any atom is 0.411 e. The summed E-state index contributed by atoms with van der Waals surface area (Å²) in [5, 5.41) is 2.87. The van der Waals surface area contributed by atoms with Gasteiger partial charge < -0.3 is 30.2 Å². The van der Waals surface area contributed by atoms with Gasteiger partial charge in [-0.3, -0.25) is 24.1 Å². The van der Waals surface area contributed by atoms with Crippen molar-refractivity contribution in [3.8, 4) is 0 Å². The van der Waals surface area contributed by atoms with Gasteiger partial charge >= 0.3 is 18.0 Å². The Bertz CT molecular complexity index is 1840. The van der Waals surface area contributed by atoms with E-state index < -0.39 is 71.5 Å². The van der Waals surface area contributed by atoms with Crippen LogP contribution in [-0.4, -0.2) is 99.4 Å². The highest BCUT2D eigenvalue weighted by Crippen LogP contribution is 2.25. The Morgan fingerprint density at radius 1 is 0.912 bits per heavy atom. The second-order valence-electron chi connectivity index (χ2n) is 15.9. The lowest BCUT2D eigenvalue weighted by atomic mass is 10.0. The number of nitrogens with two attached hydrogens (primary N) is 1. The third-order valence-corrected chi connectivity index (χ3v) is 9.74. The minimum Gasteiger partial charge on any atom is -0.459 e. The molecule has 3 amide bonds. The first kappa shape index (κ1) is 44.6. The molecule has 1 aliphatic heterocycles. The summed E-state index contributed by atoms with van der Waals surface area (Å²) in [6, 6.07) is 14.8. The van der Waals surface area contributed by atoms with Crippen molar-refractivity contribution in [3.63, 3.8) is 0 Å². The van der Waals surface area contributed by atoms with Gasteiger partial charge in [-0.1, -0.05) is 60.7 Å². The van der Waals surface area contributed by atoms with Crippen LogP contribution in [0.25, 0.3) is 0 Å². The molecule has 0 unspecified atom stereocenters. The zero-order valence-corrected chi connectivity index (χ0v) is 34.5. The largest absolute Gasteiger partial charge is 0.459 e. The van der Waals surface area contributed by atoms with E-state index in [1.807, 2.05) is 24.3 Å². The Hall–Kier alpha value is -5.15. The number of carbonyl (C=O) groups excluding carboxylic acids is 6. The topological polar surface area (TPSA) is 188 Å². The molecule has 1 aliphatic rings. The zero-order valence-electron chi connectivity index (χ0n) is 33.7. The van der Waals surface area contributed by atoms with Gasteiger partial charge in [-0.25, -0.2) is 14.6 Å². The van der Waals surface area contributed by atoms with Crippen LogP contribution in [0.1, 0.15) is 105 Å². The number of aromatic nitrogens is 1. The monoisotopic (exact) mass is 805 g/mol. The Morgan fingerprint density at radius 2 is 1.54 bits per heavy atom. The molecule has 1 fully saturated rings. The molecule has 0 saturated carbocycles. The van der Waals surface area contributed by atoms with Gasteiger partial charge in [0.25, 0.3) is 0 Å². The Balaban J connectivity index is 1.61. The number of nitrogens with one attached hydrogen (secondary N) is 1. The molecule has 0 bridgehead atoms. The molecule has 3 N–H and O–H groups in total. The van der Waals surface area contributed by atoms with Crippen LogP contribution in [0.15, 0.2) is 66.2 Å². The predicted molar refractivity (Wildman–Crippen MR) is 214 cm³/mol. The number of esters is 2. The minimum atomic E-state index is -1.26. The van der Waals surface area contributed by atoms with E-state index in [4.69, 9.17) is 19.9 Å². The molecule has 1 saturated heterocycles. The highest BCUT2D eigenvalue weighted by atomic mass is 32.1. The van der Waals surface area contributed by atoms with Crippen LogP contribution in [0.3, 0.4) is 0 Å². The number of ether oxygens (including phenoxy) is 3. The van der Waals surface area contributed by atoms with Gasteiger partial charge in [0.15, 0.2) is 11.5 Å². The van der Waals surface area contributed by atoms with Crippen LogP contribution in [0, 0.1) is 0 Å². The normalized spacial score (nSPS) is 15.3. The number of unbranched alkanes of at least 4 members (excludes halogenated alkanes) is 1. The summed E-state index contributed by atoms with van der Waals surface area (Å²) in [6.07, 6.45) is 1.19. The molecule has 2 aromatic carbocycles. The molecule has 1 aromatic heterocycles. The standard InChI is InChI=1S/C42H55N5O9S/c1-41(2,3)55-33(48)25-47(40(53)56-42(4,5)6)32(24-28-16-9-7-10-17-28)38(51)46-23-15-21-31(46)37(50)45-30(20-13-14-22-43)35(49)36-34(44-27-57-36)39(52)54-26-29-18-11-8-12-19-29/h7-12,16-19,27,30-32H,13-15,20-26,43H2,1-6H3,(H,45,50)/t30-,31-,32+/m0/s1. The highest BCUT2D eigenvalue weighted by Gasteiger charge is 2.43. The number of benzene rings is 2. The third-order valence-electron chi connectivity index (χ3n) is 8.90. The summed E-state index contributed by atoms with van der Waals surface area (Å²) in [5.41, 5.74) is 6.64. The molecule has 3 aromatic rings. The fraction of sp³-hybridized carbons (Fsp3) is 0.500. The Morgan fingerprint density at radius 3 is 2.16 bits per heavy atom. The number of carbonyl (C=O) groups is 6. The first-order valence-electron chi connectivity index (χ1n) is 19.2. The van der Waals surface area contributed by atoms with Gasteiger partial charge in [0.05, 0.1) is 11.6 Å². The number of likely N-dealkylation sites (tertiary alicyclic amines) is 1. The minimum absolute atomic E-state index is 0.0125. The number of thiazole rings is 1. The van der Waals surface area contributed by atoms with Crippen molar-refractivity contribution in [1.29, 1.82) is 0 Å². The smallest absolute Gasteiger partial charge is 0.411 e. The lowest BCUT2D eigenvalue weighted by Crippen LogP contribution is -2.58.